The van der Waals surface area contributed by atoms with Gasteiger partial charge in [-0.05, 0) is 41.6 Å². The van der Waals surface area contributed by atoms with Crippen LogP contribution < -0.4 is 0 Å². The van der Waals surface area contributed by atoms with Gasteiger partial charge in [-0.3, -0.25) is 19.8 Å². The van der Waals surface area contributed by atoms with Crippen LogP contribution in [0.15, 0.2) is 52.4 Å². The Morgan fingerprint density at radius 3 is 2.73 bits per heavy atom. The second-order valence-electron chi connectivity index (χ2n) is 5.29. The Labute approximate surface area is 157 Å². The molecule has 0 radical (unpaired) electrons. The zero-order valence-electron chi connectivity index (χ0n) is 13.3. The molecule has 0 atom stereocenters. The summed E-state index contributed by atoms with van der Waals surface area (Å²) in [7, 11) is 1.53. The maximum absolute atomic E-state index is 13.8. The first-order valence-corrected chi connectivity index (χ1v) is 8.51. The van der Waals surface area contributed by atoms with Gasteiger partial charge in [0, 0.05) is 13.1 Å². The number of carbonyl (C=O) groups excluding carboxylic acids is 1. The van der Waals surface area contributed by atoms with E-state index in [1.165, 1.54) is 42.3 Å². The minimum absolute atomic E-state index is 0.0153. The van der Waals surface area contributed by atoms with Crippen molar-refractivity contribution in [1.29, 1.82) is 0 Å². The minimum atomic E-state index is -0.592. The van der Waals surface area contributed by atoms with E-state index in [4.69, 9.17) is 11.6 Å². The van der Waals surface area contributed by atoms with E-state index in [1.807, 2.05) is 0 Å². The van der Waals surface area contributed by atoms with Gasteiger partial charge in [0.15, 0.2) is 5.17 Å². The number of nitro benzene ring substituents is 1. The average Bonchev–Trinajstić information content (AvgIpc) is 2.86. The maximum Gasteiger partial charge on any atom is 0.288 e. The summed E-state index contributed by atoms with van der Waals surface area (Å²) in [5.74, 6) is -0.824. The summed E-state index contributed by atoms with van der Waals surface area (Å²) in [5.41, 5.74) is 0.334. The largest absolute Gasteiger partial charge is 0.290 e. The molecule has 6 nitrogen and oxygen atoms in total. The predicted octanol–water partition coefficient (Wildman–Crippen LogP) is 4.62. The molecule has 1 aliphatic heterocycles. The van der Waals surface area contributed by atoms with Gasteiger partial charge < -0.3 is 0 Å². The molecule has 9 heteroatoms. The first-order valence-electron chi connectivity index (χ1n) is 7.31. The van der Waals surface area contributed by atoms with Crippen molar-refractivity contribution in [1.82, 2.24) is 4.90 Å². The molecule has 0 saturated carbocycles. The summed E-state index contributed by atoms with van der Waals surface area (Å²) in [6.07, 6.45) is 1.51. The number of carbonyl (C=O) groups is 1. The molecule has 2 aromatic rings. The number of aliphatic imine (C=N–C) groups is 1. The number of benzene rings is 2. The average molecular weight is 392 g/mol. The van der Waals surface area contributed by atoms with E-state index in [9.17, 15) is 19.3 Å². The highest BCUT2D eigenvalue weighted by Gasteiger charge is 2.30. The van der Waals surface area contributed by atoms with Crippen LogP contribution in [0.1, 0.15) is 5.56 Å². The standard InChI is InChI=1S/C17H11ClFN3O3S/c1-21-16(23)15(9-10-6-7-11(18)14(8-10)22(24)25)26-17(21)20-13-5-3-2-4-12(13)19/h2-9H,1H3/b15-9+,20-17?. The predicted molar refractivity (Wildman–Crippen MR) is 99.9 cm³/mol. The number of halogens is 2. The van der Waals surface area contributed by atoms with E-state index in [0.717, 1.165) is 11.8 Å². The van der Waals surface area contributed by atoms with Crippen molar-refractivity contribution < 1.29 is 14.1 Å². The van der Waals surface area contributed by atoms with E-state index in [1.54, 1.807) is 18.2 Å². The van der Waals surface area contributed by atoms with Crippen molar-refractivity contribution in [2.75, 3.05) is 7.05 Å². The lowest BCUT2D eigenvalue weighted by atomic mass is 10.2. The second kappa shape index (κ2) is 7.27. The Morgan fingerprint density at radius 1 is 1.31 bits per heavy atom. The molecule has 0 aromatic heterocycles. The van der Waals surface area contributed by atoms with Crippen molar-refractivity contribution in [2.24, 2.45) is 4.99 Å². The number of hydrogen-bond acceptors (Lipinski definition) is 5. The molecule has 1 aliphatic rings. The van der Waals surface area contributed by atoms with Gasteiger partial charge in [0.2, 0.25) is 0 Å². The lowest BCUT2D eigenvalue weighted by Crippen LogP contribution is -2.23. The van der Waals surface area contributed by atoms with Crippen molar-refractivity contribution >= 4 is 51.9 Å². The molecular weight excluding hydrogens is 381 g/mol. The van der Waals surface area contributed by atoms with Gasteiger partial charge in [0.1, 0.15) is 16.5 Å². The Balaban J connectivity index is 1.94. The van der Waals surface area contributed by atoms with Gasteiger partial charge in [-0.2, -0.15) is 0 Å². The Morgan fingerprint density at radius 2 is 2.04 bits per heavy atom. The normalized spacial score (nSPS) is 17.3. The van der Waals surface area contributed by atoms with Gasteiger partial charge in [-0.15, -0.1) is 0 Å². The highest BCUT2D eigenvalue weighted by atomic mass is 35.5. The Kier molecular flexibility index (Phi) is 5.06. The fraction of sp³-hybridized carbons (Fsp3) is 0.0588. The number of nitrogens with zero attached hydrogens (tertiary/aromatic N) is 3. The van der Waals surface area contributed by atoms with Crippen molar-refractivity contribution in [3.8, 4) is 0 Å². The summed E-state index contributed by atoms with van der Waals surface area (Å²) in [4.78, 5) is 28.6. The van der Waals surface area contributed by atoms with E-state index in [2.05, 4.69) is 4.99 Å². The minimum Gasteiger partial charge on any atom is -0.290 e. The Hall–Kier alpha value is -2.71. The van der Waals surface area contributed by atoms with Gasteiger partial charge >= 0.3 is 0 Å². The van der Waals surface area contributed by atoms with Crippen LogP contribution in [0.3, 0.4) is 0 Å². The number of nitro groups is 1. The van der Waals surface area contributed by atoms with E-state index in [-0.39, 0.29) is 22.3 Å². The summed E-state index contributed by atoms with van der Waals surface area (Å²) in [6.45, 7) is 0. The molecular formula is C17H11ClFN3O3S. The van der Waals surface area contributed by atoms with E-state index in [0.29, 0.717) is 15.6 Å². The molecule has 0 unspecified atom stereocenters. The third-order valence-electron chi connectivity index (χ3n) is 3.54. The fourth-order valence-corrected chi connectivity index (χ4v) is 3.37. The van der Waals surface area contributed by atoms with Crippen LogP contribution in [0, 0.1) is 15.9 Å². The van der Waals surface area contributed by atoms with Crippen LogP contribution >= 0.6 is 23.4 Å². The summed E-state index contributed by atoms with van der Waals surface area (Å²) in [5, 5.41) is 11.3. The number of amidine groups is 1. The monoisotopic (exact) mass is 391 g/mol. The molecule has 132 valence electrons. The number of likely N-dealkylation sites (N-methyl/N-ethyl adjacent to an activating group) is 1. The number of hydrogen-bond donors (Lipinski definition) is 0. The van der Waals surface area contributed by atoms with Crippen LogP contribution in [0.2, 0.25) is 5.02 Å². The van der Waals surface area contributed by atoms with Crippen molar-refractivity contribution in [3.63, 3.8) is 0 Å². The van der Waals surface area contributed by atoms with E-state index >= 15 is 0 Å². The number of amides is 1. The number of thioether (sulfide) groups is 1. The van der Waals surface area contributed by atoms with Crippen LogP contribution in [-0.2, 0) is 4.79 Å². The zero-order chi connectivity index (χ0) is 18.8. The third kappa shape index (κ3) is 3.61. The fourth-order valence-electron chi connectivity index (χ4n) is 2.21. The third-order valence-corrected chi connectivity index (χ3v) is 4.92. The molecule has 0 aliphatic carbocycles. The lowest BCUT2D eigenvalue weighted by Gasteiger charge is -2.07. The molecule has 0 bridgehead atoms. The van der Waals surface area contributed by atoms with Gasteiger partial charge in [-0.1, -0.05) is 29.8 Å². The summed E-state index contributed by atoms with van der Waals surface area (Å²) in [6, 6.07) is 10.2. The molecule has 1 fully saturated rings. The van der Waals surface area contributed by atoms with Crippen LogP contribution in [0.4, 0.5) is 15.8 Å². The summed E-state index contributed by atoms with van der Waals surface area (Å²) >= 11 is 6.85. The van der Waals surface area contributed by atoms with Gasteiger partial charge in [0.25, 0.3) is 11.6 Å². The first-order chi connectivity index (χ1) is 12.4. The lowest BCUT2D eigenvalue weighted by molar-refractivity contribution is -0.384. The molecule has 2 aromatic carbocycles. The van der Waals surface area contributed by atoms with Gasteiger partial charge in [-0.25, -0.2) is 9.38 Å². The van der Waals surface area contributed by atoms with Crippen molar-refractivity contribution in [2.45, 2.75) is 0 Å². The molecule has 1 heterocycles. The highest BCUT2D eigenvalue weighted by Crippen LogP contribution is 2.34. The molecule has 26 heavy (non-hydrogen) atoms. The quantitative estimate of drug-likeness (QED) is 0.434. The van der Waals surface area contributed by atoms with Crippen LogP contribution in [0.5, 0.6) is 0 Å². The summed E-state index contributed by atoms with van der Waals surface area (Å²) < 4.78 is 13.8. The SMILES string of the molecule is CN1C(=O)/C(=C\c2ccc(Cl)c([N+](=O)[O-])c2)SC1=Nc1ccccc1F. The number of rotatable bonds is 3. The molecule has 0 spiro atoms. The first kappa shape index (κ1) is 18.1. The van der Waals surface area contributed by atoms with Crippen LogP contribution in [0.25, 0.3) is 6.08 Å². The molecule has 1 saturated heterocycles. The maximum atomic E-state index is 13.8. The molecule has 1 amide bonds. The molecule has 3 rings (SSSR count). The zero-order valence-corrected chi connectivity index (χ0v) is 14.9. The van der Waals surface area contributed by atoms with Crippen molar-refractivity contribution in [3.05, 3.63) is 73.9 Å². The molecule has 0 N–H and O–H groups in total. The van der Waals surface area contributed by atoms with Crippen LogP contribution in [-0.4, -0.2) is 27.9 Å². The topological polar surface area (TPSA) is 75.8 Å². The Bertz CT molecular complexity index is 977. The van der Waals surface area contributed by atoms with Gasteiger partial charge in [0.05, 0.1) is 9.83 Å². The smallest absolute Gasteiger partial charge is 0.288 e. The highest BCUT2D eigenvalue weighted by molar-refractivity contribution is 8.18. The second-order valence-corrected chi connectivity index (χ2v) is 6.70. The van der Waals surface area contributed by atoms with E-state index < -0.39 is 10.7 Å². The number of para-hydroxylation sites is 1.